The fourth-order valence-corrected chi connectivity index (χ4v) is 4.68. The van der Waals surface area contributed by atoms with Gasteiger partial charge in [-0.3, -0.25) is 19.3 Å². The number of amides is 3. The van der Waals surface area contributed by atoms with Crippen molar-refractivity contribution in [1.29, 1.82) is 0 Å². The molecule has 1 aliphatic heterocycles. The maximum absolute atomic E-state index is 13.6. The van der Waals surface area contributed by atoms with Crippen molar-refractivity contribution in [3.63, 3.8) is 0 Å². The van der Waals surface area contributed by atoms with Gasteiger partial charge in [-0.15, -0.1) is 0 Å². The Morgan fingerprint density at radius 3 is 2.25 bits per heavy atom. The molecule has 1 aliphatic rings. The van der Waals surface area contributed by atoms with Gasteiger partial charge in [-0.2, -0.15) is 9.78 Å². The summed E-state index contributed by atoms with van der Waals surface area (Å²) >= 11 is 0. The number of imide groups is 1. The zero-order valence-electron chi connectivity index (χ0n) is 20.6. The lowest BCUT2D eigenvalue weighted by atomic mass is 10.0. The third kappa shape index (κ3) is 4.04. The van der Waals surface area contributed by atoms with Crippen molar-refractivity contribution in [3.05, 3.63) is 83.0 Å². The molecule has 2 aromatic carbocycles. The molecule has 0 spiro atoms. The minimum Gasteiger partial charge on any atom is -0.309 e. The predicted octanol–water partition coefficient (Wildman–Crippen LogP) is 4.69. The zero-order chi connectivity index (χ0) is 25.6. The number of rotatable bonds is 6. The van der Waals surface area contributed by atoms with Crippen LogP contribution in [-0.2, 0) is 4.79 Å². The molecule has 1 atom stereocenters. The predicted molar refractivity (Wildman–Crippen MR) is 137 cm³/mol. The molecule has 0 saturated carbocycles. The highest BCUT2D eigenvalue weighted by Gasteiger charge is 2.43. The first kappa shape index (κ1) is 23.4. The van der Waals surface area contributed by atoms with E-state index in [2.05, 4.69) is 10.4 Å². The summed E-state index contributed by atoms with van der Waals surface area (Å²) in [7, 11) is 0. The van der Waals surface area contributed by atoms with Crippen LogP contribution in [0.25, 0.3) is 16.7 Å². The van der Waals surface area contributed by atoms with Gasteiger partial charge >= 0.3 is 0 Å². The summed E-state index contributed by atoms with van der Waals surface area (Å²) in [4.78, 5) is 45.7. The molecule has 2 aromatic heterocycles. The number of nitrogens with one attached hydrogen (secondary N) is 1. The minimum atomic E-state index is -0.965. The second-order valence-electron chi connectivity index (χ2n) is 9.56. The van der Waals surface area contributed by atoms with Gasteiger partial charge in [-0.25, -0.2) is 4.98 Å². The summed E-state index contributed by atoms with van der Waals surface area (Å²) in [6.45, 7) is 7.74. The maximum Gasteiger partial charge on any atom is 0.262 e. The van der Waals surface area contributed by atoms with E-state index >= 15 is 0 Å². The van der Waals surface area contributed by atoms with Gasteiger partial charge in [-0.05, 0) is 56.0 Å². The van der Waals surface area contributed by atoms with Crippen molar-refractivity contribution in [1.82, 2.24) is 19.7 Å². The van der Waals surface area contributed by atoms with Gasteiger partial charge < -0.3 is 5.32 Å². The van der Waals surface area contributed by atoms with Gasteiger partial charge in [0.05, 0.1) is 22.3 Å². The molecule has 0 radical (unpaired) electrons. The van der Waals surface area contributed by atoms with Gasteiger partial charge in [0.15, 0.2) is 5.82 Å². The zero-order valence-corrected chi connectivity index (χ0v) is 20.6. The van der Waals surface area contributed by atoms with Crippen molar-refractivity contribution in [2.24, 2.45) is 5.92 Å². The molecule has 0 fully saturated rings. The molecule has 8 heteroatoms. The Balaban J connectivity index is 1.50. The molecule has 1 N–H and O–H groups in total. The third-order valence-electron chi connectivity index (χ3n) is 6.34. The first-order chi connectivity index (χ1) is 17.2. The van der Waals surface area contributed by atoms with Crippen LogP contribution in [0.1, 0.15) is 52.2 Å². The van der Waals surface area contributed by atoms with Gasteiger partial charge in [0.25, 0.3) is 11.8 Å². The Morgan fingerprint density at radius 2 is 1.58 bits per heavy atom. The Morgan fingerprint density at radius 1 is 0.944 bits per heavy atom. The van der Waals surface area contributed by atoms with Crippen LogP contribution in [-0.4, -0.2) is 43.4 Å². The quantitative estimate of drug-likeness (QED) is 0.403. The highest BCUT2D eigenvalue weighted by Crippen LogP contribution is 2.28. The van der Waals surface area contributed by atoms with E-state index in [1.165, 1.54) is 0 Å². The van der Waals surface area contributed by atoms with E-state index < -0.39 is 23.8 Å². The van der Waals surface area contributed by atoms with Gasteiger partial charge in [-0.1, -0.05) is 44.2 Å². The number of benzene rings is 2. The Labute approximate surface area is 208 Å². The fourth-order valence-electron chi connectivity index (χ4n) is 4.68. The summed E-state index contributed by atoms with van der Waals surface area (Å²) in [5.74, 6) is -0.292. The Kier molecular flexibility index (Phi) is 5.88. The van der Waals surface area contributed by atoms with Crippen LogP contribution in [0.5, 0.6) is 0 Å². The molecule has 3 amide bonds. The maximum atomic E-state index is 13.6. The topological polar surface area (TPSA) is 97.2 Å². The summed E-state index contributed by atoms with van der Waals surface area (Å²) in [5, 5.41) is 8.52. The normalized spacial score (nSPS) is 14.0. The molecule has 8 nitrogen and oxygen atoms in total. The third-order valence-corrected chi connectivity index (χ3v) is 6.34. The molecule has 36 heavy (non-hydrogen) atoms. The fraction of sp³-hybridized carbons (Fsp3) is 0.250. The van der Waals surface area contributed by atoms with Crippen molar-refractivity contribution in [2.75, 3.05) is 5.32 Å². The van der Waals surface area contributed by atoms with Crippen LogP contribution in [0.4, 0.5) is 5.82 Å². The van der Waals surface area contributed by atoms with Crippen molar-refractivity contribution in [3.8, 4) is 5.82 Å². The number of fused-ring (bicyclic) bond motifs is 2. The van der Waals surface area contributed by atoms with Crippen molar-refractivity contribution in [2.45, 2.75) is 40.2 Å². The lowest BCUT2D eigenvalue weighted by Gasteiger charge is -2.26. The number of carbonyl (C=O) groups excluding carboxylic acids is 3. The SMILES string of the molecule is Cc1cc(NC(=O)C(CC(C)C)N2C(=O)c3ccccc3C2=O)n(-c2cc(C)c3ccccc3n2)n1. The molecule has 0 bridgehead atoms. The molecule has 4 aromatic rings. The van der Waals surface area contributed by atoms with E-state index in [0.29, 0.717) is 34.9 Å². The number of carbonyl (C=O) groups is 3. The average Bonchev–Trinajstić information content (AvgIpc) is 3.34. The van der Waals surface area contributed by atoms with Gasteiger partial charge in [0, 0.05) is 11.5 Å². The summed E-state index contributed by atoms with van der Waals surface area (Å²) in [5.41, 5.74) is 3.19. The lowest BCUT2D eigenvalue weighted by Crippen LogP contribution is -2.48. The van der Waals surface area contributed by atoms with Crippen molar-refractivity contribution >= 4 is 34.4 Å². The molecular weight excluding hydrogens is 454 g/mol. The molecular formula is C28H27N5O3. The van der Waals surface area contributed by atoms with E-state index in [9.17, 15) is 14.4 Å². The van der Waals surface area contributed by atoms with Crippen LogP contribution in [0.2, 0.25) is 0 Å². The van der Waals surface area contributed by atoms with Crippen LogP contribution >= 0.6 is 0 Å². The highest BCUT2D eigenvalue weighted by atomic mass is 16.2. The van der Waals surface area contributed by atoms with Crippen molar-refractivity contribution < 1.29 is 14.4 Å². The number of hydrogen-bond donors (Lipinski definition) is 1. The largest absolute Gasteiger partial charge is 0.309 e. The Bertz CT molecular complexity index is 1490. The number of aryl methyl sites for hydroxylation is 2. The first-order valence-electron chi connectivity index (χ1n) is 12.0. The summed E-state index contributed by atoms with van der Waals surface area (Å²) in [6.07, 6.45) is 0.331. The van der Waals surface area contributed by atoms with E-state index in [4.69, 9.17) is 4.98 Å². The van der Waals surface area contributed by atoms with E-state index in [1.807, 2.05) is 58.0 Å². The van der Waals surface area contributed by atoms with E-state index in [1.54, 1.807) is 35.0 Å². The number of anilines is 1. The molecule has 3 heterocycles. The Hall–Kier alpha value is -4.33. The lowest BCUT2D eigenvalue weighted by molar-refractivity contribution is -0.120. The van der Waals surface area contributed by atoms with Gasteiger partial charge in [0.1, 0.15) is 11.9 Å². The number of pyridine rings is 1. The smallest absolute Gasteiger partial charge is 0.262 e. The van der Waals surface area contributed by atoms with Crippen LogP contribution < -0.4 is 5.32 Å². The number of aromatic nitrogens is 3. The standard InChI is InChI=1S/C28H27N5O3/c1-16(2)13-23(32-27(35)20-10-5-6-11-21(20)28(32)36)26(34)30-25-15-18(4)31-33(25)24-14-17(3)19-9-7-8-12-22(19)29-24/h5-12,14-16,23H,13H2,1-4H3,(H,30,34). The monoisotopic (exact) mass is 481 g/mol. The number of hydrogen-bond acceptors (Lipinski definition) is 5. The summed E-state index contributed by atoms with van der Waals surface area (Å²) < 4.78 is 1.58. The average molecular weight is 482 g/mol. The van der Waals surface area contributed by atoms with E-state index in [-0.39, 0.29) is 5.92 Å². The van der Waals surface area contributed by atoms with Gasteiger partial charge in [0.2, 0.25) is 5.91 Å². The van der Waals surface area contributed by atoms with E-state index in [0.717, 1.165) is 21.4 Å². The van der Waals surface area contributed by atoms with Crippen LogP contribution in [0.15, 0.2) is 60.7 Å². The summed E-state index contributed by atoms with van der Waals surface area (Å²) in [6, 6.07) is 17.2. The second-order valence-corrected chi connectivity index (χ2v) is 9.56. The van der Waals surface area contributed by atoms with Crippen LogP contribution in [0, 0.1) is 19.8 Å². The molecule has 0 saturated heterocycles. The highest BCUT2D eigenvalue weighted by molar-refractivity contribution is 6.23. The first-order valence-corrected chi connectivity index (χ1v) is 12.0. The minimum absolute atomic E-state index is 0.0708. The molecule has 0 aliphatic carbocycles. The number of nitrogens with zero attached hydrogens (tertiary/aromatic N) is 4. The molecule has 182 valence electrons. The second kappa shape index (κ2) is 9.03. The molecule has 1 unspecified atom stereocenters. The molecule has 5 rings (SSSR count). The van der Waals surface area contributed by atoms with Crippen LogP contribution in [0.3, 0.4) is 0 Å². The number of para-hydroxylation sites is 1.